The van der Waals surface area contributed by atoms with Crippen molar-refractivity contribution in [3.05, 3.63) is 84.5 Å². The first-order valence-electron chi connectivity index (χ1n) is 11.0. The number of esters is 1. The molecule has 0 heterocycles. The predicted octanol–water partition coefficient (Wildman–Crippen LogP) is 5.26. The summed E-state index contributed by atoms with van der Waals surface area (Å²) in [7, 11) is -2.53. The van der Waals surface area contributed by atoms with Gasteiger partial charge in [0, 0.05) is 12.7 Å². The predicted molar refractivity (Wildman–Crippen MR) is 132 cm³/mol. The van der Waals surface area contributed by atoms with E-state index in [9.17, 15) is 4.79 Å². The fraction of sp³-hybridized carbons (Fsp3) is 0.370. The lowest BCUT2D eigenvalue weighted by molar-refractivity contribution is -0.137. The van der Waals surface area contributed by atoms with Crippen LogP contribution in [0, 0.1) is 5.92 Å². The third-order valence-electron chi connectivity index (χ3n) is 5.30. The summed E-state index contributed by atoms with van der Waals surface area (Å²) in [5, 5.41) is 2.52. The van der Waals surface area contributed by atoms with E-state index in [1.54, 1.807) is 13.0 Å². The van der Waals surface area contributed by atoms with Gasteiger partial charge in [-0.2, -0.15) is 0 Å². The Morgan fingerprint density at radius 1 is 0.968 bits per heavy atom. The van der Waals surface area contributed by atoms with Gasteiger partial charge in [-0.25, -0.2) is 4.79 Å². The molecule has 2 aromatic rings. The molecule has 0 amide bonds. The number of hydrogen-bond donors (Lipinski definition) is 0. The number of carbonyl (C=O) groups is 1. The summed E-state index contributed by atoms with van der Waals surface area (Å²) in [5.74, 6) is -0.111. The first-order valence-corrected chi connectivity index (χ1v) is 12.9. The van der Waals surface area contributed by atoms with Crippen LogP contribution in [0.3, 0.4) is 0 Å². The maximum absolute atomic E-state index is 11.6. The highest BCUT2D eigenvalue weighted by molar-refractivity contribution is 6.99. The molecule has 0 radical (unpaired) electrons. The number of ether oxygens (including phenoxy) is 1. The van der Waals surface area contributed by atoms with Crippen LogP contribution in [-0.2, 0) is 14.0 Å². The second-order valence-corrected chi connectivity index (χ2v) is 13.3. The molecule has 0 spiro atoms. The Labute approximate surface area is 188 Å². The number of rotatable bonds is 9. The number of benzene rings is 2. The summed E-state index contributed by atoms with van der Waals surface area (Å²) < 4.78 is 11.9. The van der Waals surface area contributed by atoms with Crippen LogP contribution in [0.1, 0.15) is 41.5 Å². The van der Waals surface area contributed by atoms with Gasteiger partial charge in [-0.3, -0.25) is 0 Å². The van der Waals surface area contributed by atoms with Crippen LogP contribution >= 0.6 is 0 Å². The molecule has 31 heavy (non-hydrogen) atoms. The minimum atomic E-state index is -2.53. The van der Waals surface area contributed by atoms with E-state index >= 15 is 0 Å². The van der Waals surface area contributed by atoms with Crippen LogP contribution in [0.2, 0.25) is 5.04 Å². The molecule has 0 aliphatic rings. The fourth-order valence-corrected chi connectivity index (χ4v) is 8.63. The normalized spacial score (nSPS) is 13.9. The van der Waals surface area contributed by atoms with Gasteiger partial charge in [-0.1, -0.05) is 106 Å². The maximum Gasteiger partial charge on any atom is 0.330 e. The van der Waals surface area contributed by atoms with Crippen molar-refractivity contribution in [3.8, 4) is 0 Å². The lowest BCUT2D eigenvalue weighted by atomic mass is 10.1. The Morgan fingerprint density at radius 3 is 1.94 bits per heavy atom. The van der Waals surface area contributed by atoms with E-state index in [1.165, 1.54) is 16.4 Å². The van der Waals surface area contributed by atoms with Crippen molar-refractivity contribution >= 4 is 24.7 Å². The summed E-state index contributed by atoms with van der Waals surface area (Å²) in [4.78, 5) is 11.6. The smallest absolute Gasteiger partial charge is 0.330 e. The standard InChI is InChI=1S/C27H36O3Si/c1-7-29-26(28)19-18-22(2)20-23(3)21-30-31(27(4,5)6,24-14-10-8-11-15-24)25-16-12-9-13-17-25/h8-20,23H,7,21H2,1-6H3/b19-18+,22-20+/t23-/m1/s1. The second-order valence-electron chi connectivity index (χ2n) is 8.95. The highest BCUT2D eigenvalue weighted by atomic mass is 28.4. The van der Waals surface area contributed by atoms with Gasteiger partial charge in [-0.05, 0) is 35.2 Å². The van der Waals surface area contributed by atoms with Gasteiger partial charge in [0.15, 0.2) is 0 Å². The molecule has 2 aromatic carbocycles. The monoisotopic (exact) mass is 436 g/mol. The van der Waals surface area contributed by atoms with E-state index in [0.29, 0.717) is 13.2 Å². The van der Waals surface area contributed by atoms with Crippen molar-refractivity contribution in [1.82, 2.24) is 0 Å². The van der Waals surface area contributed by atoms with Gasteiger partial charge < -0.3 is 9.16 Å². The minimum Gasteiger partial charge on any atom is -0.463 e. The molecule has 0 aliphatic carbocycles. The molecule has 0 N–H and O–H groups in total. The van der Waals surface area contributed by atoms with E-state index in [4.69, 9.17) is 9.16 Å². The number of hydrogen-bond acceptors (Lipinski definition) is 3. The summed E-state index contributed by atoms with van der Waals surface area (Å²) in [6.45, 7) is 13.8. The number of carbonyl (C=O) groups excluding carboxylic acids is 1. The van der Waals surface area contributed by atoms with Gasteiger partial charge in [0.25, 0.3) is 8.32 Å². The quantitative estimate of drug-likeness (QED) is 0.233. The Hall–Kier alpha value is -2.43. The molecular weight excluding hydrogens is 400 g/mol. The molecule has 0 bridgehead atoms. The van der Waals surface area contributed by atoms with Crippen molar-refractivity contribution in [1.29, 1.82) is 0 Å². The molecule has 0 aromatic heterocycles. The highest BCUT2D eigenvalue weighted by Crippen LogP contribution is 2.37. The van der Waals surface area contributed by atoms with Crippen LogP contribution in [0.4, 0.5) is 0 Å². The second kappa shape index (κ2) is 11.3. The van der Waals surface area contributed by atoms with Gasteiger partial charge >= 0.3 is 5.97 Å². The average molecular weight is 437 g/mol. The third-order valence-corrected chi connectivity index (χ3v) is 10.3. The Bertz CT molecular complexity index is 840. The Balaban J connectivity index is 2.33. The zero-order valence-electron chi connectivity index (χ0n) is 19.7. The zero-order chi connectivity index (χ0) is 22.9. The van der Waals surface area contributed by atoms with E-state index in [1.807, 2.05) is 6.92 Å². The number of allylic oxidation sites excluding steroid dienone is 2. The summed E-state index contributed by atoms with van der Waals surface area (Å²) in [6.07, 6.45) is 5.43. The molecule has 4 heteroatoms. The van der Waals surface area contributed by atoms with Gasteiger partial charge in [0.05, 0.1) is 6.61 Å². The Kier molecular flexibility index (Phi) is 9.02. The first-order chi connectivity index (χ1) is 14.7. The van der Waals surface area contributed by atoms with Crippen LogP contribution in [-0.4, -0.2) is 27.5 Å². The molecule has 0 saturated carbocycles. The molecule has 2 rings (SSSR count). The molecule has 0 unspecified atom stereocenters. The molecule has 0 fully saturated rings. The van der Waals surface area contributed by atoms with E-state index in [-0.39, 0.29) is 16.9 Å². The topological polar surface area (TPSA) is 35.5 Å². The van der Waals surface area contributed by atoms with Gasteiger partial charge in [0.2, 0.25) is 0 Å². The minimum absolute atomic E-state index is 0.0437. The summed E-state index contributed by atoms with van der Waals surface area (Å²) in [5.41, 5.74) is 1.02. The summed E-state index contributed by atoms with van der Waals surface area (Å²) >= 11 is 0. The van der Waals surface area contributed by atoms with Crippen LogP contribution in [0.25, 0.3) is 0 Å². The third kappa shape index (κ3) is 6.52. The van der Waals surface area contributed by atoms with E-state index < -0.39 is 8.32 Å². The van der Waals surface area contributed by atoms with Crippen LogP contribution in [0.5, 0.6) is 0 Å². The van der Waals surface area contributed by atoms with Crippen molar-refractivity contribution in [3.63, 3.8) is 0 Å². The lowest BCUT2D eigenvalue weighted by Crippen LogP contribution is -2.66. The average Bonchev–Trinajstić information content (AvgIpc) is 2.73. The van der Waals surface area contributed by atoms with Gasteiger partial charge in [-0.15, -0.1) is 0 Å². The lowest BCUT2D eigenvalue weighted by Gasteiger charge is -2.43. The van der Waals surface area contributed by atoms with Crippen molar-refractivity contribution < 1.29 is 14.0 Å². The fourth-order valence-electron chi connectivity index (χ4n) is 3.96. The largest absolute Gasteiger partial charge is 0.463 e. The van der Waals surface area contributed by atoms with Crippen LogP contribution in [0.15, 0.2) is 84.5 Å². The molecular formula is C27H36O3Si. The Morgan fingerprint density at radius 2 is 1.48 bits per heavy atom. The maximum atomic E-state index is 11.6. The van der Waals surface area contributed by atoms with Crippen molar-refractivity contribution in [2.24, 2.45) is 5.92 Å². The van der Waals surface area contributed by atoms with E-state index in [0.717, 1.165) is 5.57 Å². The van der Waals surface area contributed by atoms with Crippen LogP contribution < -0.4 is 10.4 Å². The summed E-state index contributed by atoms with van der Waals surface area (Å²) in [6, 6.07) is 21.3. The molecule has 0 aliphatic heterocycles. The van der Waals surface area contributed by atoms with Gasteiger partial charge in [0.1, 0.15) is 0 Å². The molecule has 0 saturated heterocycles. The molecule has 1 atom stereocenters. The van der Waals surface area contributed by atoms with E-state index in [2.05, 4.69) is 94.4 Å². The molecule has 3 nitrogen and oxygen atoms in total. The SMILES string of the molecule is CCOC(=O)/C=C/C(C)=C/[C@@H](C)CO[Si](c1ccccc1)(c1ccccc1)C(C)(C)C. The first kappa shape index (κ1) is 24.8. The van der Waals surface area contributed by atoms with Crippen molar-refractivity contribution in [2.45, 2.75) is 46.6 Å². The molecule has 166 valence electrons. The highest BCUT2D eigenvalue weighted by Gasteiger charge is 2.50. The van der Waals surface area contributed by atoms with Crippen molar-refractivity contribution in [2.75, 3.05) is 13.2 Å². The zero-order valence-corrected chi connectivity index (χ0v) is 20.7.